The lowest BCUT2D eigenvalue weighted by Crippen LogP contribution is -1.94. The third-order valence-electron chi connectivity index (χ3n) is 3.53. The van der Waals surface area contributed by atoms with Gasteiger partial charge >= 0.3 is 0 Å². The van der Waals surface area contributed by atoms with E-state index in [4.69, 9.17) is 0 Å². The van der Waals surface area contributed by atoms with Gasteiger partial charge in [-0.1, -0.05) is 107 Å². The standard InChI is InChI=1S/C17H36S2/c1-4-6-8-10-12-14-16-18-19-17(3)15-13-11-9-7-5-2/h17H,4-16H2,1-3H3. The fraction of sp³-hybridized carbons (Fsp3) is 1.00. The van der Waals surface area contributed by atoms with Crippen LogP contribution < -0.4 is 0 Å². The van der Waals surface area contributed by atoms with Crippen molar-refractivity contribution >= 4 is 21.6 Å². The first kappa shape index (κ1) is 19.7. The molecule has 0 heterocycles. The van der Waals surface area contributed by atoms with Crippen LogP contribution in [-0.2, 0) is 0 Å². The first-order chi connectivity index (χ1) is 9.31. The Morgan fingerprint density at radius 3 is 1.84 bits per heavy atom. The van der Waals surface area contributed by atoms with Crippen LogP contribution in [0.4, 0.5) is 0 Å². The summed E-state index contributed by atoms with van der Waals surface area (Å²) in [5, 5.41) is 0.853. The minimum atomic E-state index is 0.853. The minimum absolute atomic E-state index is 0.853. The molecule has 1 unspecified atom stereocenters. The Morgan fingerprint density at radius 2 is 1.21 bits per heavy atom. The average molecular weight is 305 g/mol. The van der Waals surface area contributed by atoms with E-state index in [2.05, 4.69) is 42.4 Å². The van der Waals surface area contributed by atoms with Gasteiger partial charge in [-0.3, -0.25) is 0 Å². The summed E-state index contributed by atoms with van der Waals surface area (Å²) in [7, 11) is 4.24. The Morgan fingerprint density at radius 1 is 0.684 bits per heavy atom. The van der Waals surface area contributed by atoms with Crippen molar-refractivity contribution in [1.29, 1.82) is 0 Å². The maximum atomic E-state index is 2.40. The lowest BCUT2D eigenvalue weighted by molar-refractivity contribution is 0.607. The summed E-state index contributed by atoms with van der Waals surface area (Å²) in [6.45, 7) is 6.98. The molecule has 0 aliphatic carbocycles. The van der Waals surface area contributed by atoms with E-state index in [1.54, 1.807) is 0 Å². The van der Waals surface area contributed by atoms with Crippen molar-refractivity contribution in [2.24, 2.45) is 0 Å². The normalized spacial score (nSPS) is 12.8. The molecular weight excluding hydrogens is 268 g/mol. The van der Waals surface area contributed by atoms with Crippen molar-refractivity contribution in [3.63, 3.8) is 0 Å². The van der Waals surface area contributed by atoms with Crippen molar-refractivity contribution in [2.75, 3.05) is 5.75 Å². The first-order valence-electron chi connectivity index (χ1n) is 8.59. The molecule has 0 aromatic heterocycles. The molecular formula is C17H36S2. The number of hydrogen-bond donors (Lipinski definition) is 0. The molecule has 0 amide bonds. The van der Waals surface area contributed by atoms with Crippen LogP contribution >= 0.6 is 21.6 Å². The molecule has 0 bridgehead atoms. The summed E-state index contributed by atoms with van der Waals surface area (Å²) in [4.78, 5) is 0. The molecule has 116 valence electrons. The Balaban J connectivity index is 3.09. The van der Waals surface area contributed by atoms with Gasteiger partial charge in [0.1, 0.15) is 0 Å². The topological polar surface area (TPSA) is 0 Å². The zero-order chi connectivity index (χ0) is 14.2. The van der Waals surface area contributed by atoms with E-state index >= 15 is 0 Å². The zero-order valence-electron chi connectivity index (χ0n) is 13.6. The summed E-state index contributed by atoms with van der Waals surface area (Å²) < 4.78 is 0. The van der Waals surface area contributed by atoms with E-state index < -0.39 is 0 Å². The highest BCUT2D eigenvalue weighted by molar-refractivity contribution is 8.76. The number of unbranched alkanes of at least 4 members (excludes halogenated alkanes) is 9. The SMILES string of the molecule is CCCCCCCCSSC(C)CCCCCCC. The van der Waals surface area contributed by atoms with Crippen molar-refractivity contribution in [1.82, 2.24) is 0 Å². The second-order valence-corrected chi connectivity index (χ2v) is 8.63. The molecule has 0 N–H and O–H groups in total. The van der Waals surface area contributed by atoms with Crippen LogP contribution in [0.5, 0.6) is 0 Å². The summed E-state index contributed by atoms with van der Waals surface area (Å²) in [6, 6.07) is 0. The Hall–Kier alpha value is 0.700. The molecule has 0 aromatic rings. The third-order valence-corrected chi connectivity index (χ3v) is 6.58. The highest BCUT2D eigenvalue weighted by Crippen LogP contribution is 2.30. The van der Waals surface area contributed by atoms with Crippen molar-refractivity contribution < 1.29 is 0 Å². The molecule has 0 saturated heterocycles. The van der Waals surface area contributed by atoms with Gasteiger partial charge in [-0.05, 0) is 12.8 Å². The van der Waals surface area contributed by atoms with Crippen LogP contribution in [0.15, 0.2) is 0 Å². The van der Waals surface area contributed by atoms with Crippen LogP contribution in [0.1, 0.15) is 97.8 Å². The maximum Gasteiger partial charge on any atom is 0.0123 e. The molecule has 0 radical (unpaired) electrons. The summed E-state index contributed by atoms with van der Waals surface area (Å²) >= 11 is 0. The Bertz CT molecular complexity index is 159. The first-order valence-corrected chi connectivity index (χ1v) is 11.0. The molecule has 0 aliphatic heterocycles. The van der Waals surface area contributed by atoms with E-state index in [0.717, 1.165) is 5.25 Å². The molecule has 0 nitrogen and oxygen atoms in total. The third kappa shape index (κ3) is 16.6. The van der Waals surface area contributed by atoms with Gasteiger partial charge < -0.3 is 0 Å². The molecule has 0 spiro atoms. The summed E-state index contributed by atoms with van der Waals surface area (Å²) in [5.74, 6) is 1.36. The second kappa shape index (κ2) is 16.8. The monoisotopic (exact) mass is 304 g/mol. The van der Waals surface area contributed by atoms with Crippen LogP contribution in [0, 0.1) is 0 Å². The van der Waals surface area contributed by atoms with E-state index in [-0.39, 0.29) is 0 Å². The van der Waals surface area contributed by atoms with Crippen LogP contribution in [0.3, 0.4) is 0 Å². The van der Waals surface area contributed by atoms with Gasteiger partial charge in [0.15, 0.2) is 0 Å². The van der Waals surface area contributed by atoms with Crippen LogP contribution in [0.25, 0.3) is 0 Å². The zero-order valence-corrected chi connectivity index (χ0v) is 15.2. The summed E-state index contributed by atoms with van der Waals surface area (Å²) in [6.07, 6.45) is 17.1. The number of hydrogen-bond acceptors (Lipinski definition) is 2. The van der Waals surface area contributed by atoms with Crippen molar-refractivity contribution in [3.05, 3.63) is 0 Å². The number of rotatable bonds is 15. The fourth-order valence-corrected chi connectivity index (χ4v) is 4.73. The largest absolute Gasteiger partial charge is 0.0939 e. The quantitative estimate of drug-likeness (QED) is 0.227. The molecule has 2 heteroatoms. The van der Waals surface area contributed by atoms with Crippen molar-refractivity contribution in [2.45, 2.75) is 103 Å². The molecule has 0 aliphatic rings. The molecule has 19 heavy (non-hydrogen) atoms. The molecule has 1 atom stereocenters. The lowest BCUT2D eigenvalue weighted by Gasteiger charge is -2.10. The minimum Gasteiger partial charge on any atom is -0.0939 e. The highest BCUT2D eigenvalue weighted by Gasteiger charge is 2.02. The van der Waals surface area contributed by atoms with E-state index in [9.17, 15) is 0 Å². The molecule has 0 saturated carbocycles. The molecule has 0 rings (SSSR count). The van der Waals surface area contributed by atoms with Crippen molar-refractivity contribution in [3.8, 4) is 0 Å². The maximum absolute atomic E-state index is 2.40. The summed E-state index contributed by atoms with van der Waals surface area (Å²) in [5.41, 5.74) is 0. The van der Waals surface area contributed by atoms with Gasteiger partial charge in [-0.2, -0.15) is 0 Å². The van der Waals surface area contributed by atoms with Crippen LogP contribution in [-0.4, -0.2) is 11.0 Å². The smallest absolute Gasteiger partial charge is 0.0123 e. The average Bonchev–Trinajstić information content (AvgIpc) is 2.41. The Kier molecular flexibility index (Phi) is 17.4. The lowest BCUT2D eigenvalue weighted by atomic mass is 10.1. The Labute approximate surface area is 130 Å². The van der Waals surface area contributed by atoms with Gasteiger partial charge in [0.25, 0.3) is 0 Å². The molecule has 0 fully saturated rings. The predicted octanol–water partition coefficient (Wildman–Crippen LogP) is 7.48. The van der Waals surface area contributed by atoms with E-state index in [1.807, 2.05) is 0 Å². The van der Waals surface area contributed by atoms with E-state index in [0.29, 0.717) is 0 Å². The van der Waals surface area contributed by atoms with Gasteiger partial charge in [0, 0.05) is 11.0 Å². The molecule has 0 aromatic carbocycles. The highest BCUT2D eigenvalue weighted by atomic mass is 33.1. The second-order valence-electron chi connectivity index (χ2n) is 5.70. The van der Waals surface area contributed by atoms with Gasteiger partial charge in [0.05, 0.1) is 0 Å². The van der Waals surface area contributed by atoms with Gasteiger partial charge in [-0.15, -0.1) is 0 Å². The van der Waals surface area contributed by atoms with Gasteiger partial charge in [-0.25, -0.2) is 0 Å². The van der Waals surface area contributed by atoms with Crippen LogP contribution in [0.2, 0.25) is 0 Å². The fourth-order valence-electron chi connectivity index (χ4n) is 2.19. The predicted molar refractivity (Wildman–Crippen MR) is 96.3 cm³/mol. The van der Waals surface area contributed by atoms with Gasteiger partial charge in [0.2, 0.25) is 0 Å². The van der Waals surface area contributed by atoms with E-state index in [1.165, 1.54) is 82.8 Å².